The van der Waals surface area contributed by atoms with Crippen molar-refractivity contribution in [3.63, 3.8) is 0 Å². The number of benzene rings is 3. The molecule has 0 spiro atoms. The fraction of sp³-hybridized carbons (Fsp3) is 0.0909. The number of hydrogen-bond donors (Lipinski definition) is 1. The van der Waals surface area contributed by atoms with E-state index in [1.165, 1.54) is 0 Å². The van der Waals surface area contributed by atoms with Gasteiger partial charge in [0.05, 0.1) is 0 Å². The summed E-state index contributed by atoms with van der Waals surface area (Å²) in [7, 11) is 0. The van der Waals surface area contributed by atoms with E-state index < -0.39 is 5.60 Å². The number of hydrogen-bond acceptors (Lipinski definition) is 1. The van der Waals surface area contributed by atoms with Gasteiger partial charge in [-0.2, -0.15) is 0 Å². The van der Waals surface area contributed by atoms with Crippen molar-refractivity contribution in [1.82, 2.24) is 0 Å². The van der Waals surface area contributed by atoms with Gasteiger partial charge in [0.25, 0.3) is 0 Å². The van der Waals surface area contributed by atoms with Gasteiger partial charge >= 0.3 is 0 Å². The maximum absolute atomic E-state index is 11.8. The molecule has 1 heteroatoms. The van der Waals surface area contributed by atoms with Gasteiger partial charge in [-0.25, -0.2) is 0 Å². The van der Waals surface area contributed by atoms with E-state index >= 15 is 0 Å². The molecule has 0 amide bonds. The lowest BCUT2D eigenvalue weighted by Crippen LogP contribution is -2.31. The van der Waals surface area contributed by atoms with Gasteiger partial charge in [0.15, 0.2) is 0 Å². The molecule has 4 rings (SSSR count). The molecule has 0 aromatic heterocycles. The van der Waals surface area contributed by atoms with Gasteiger partial charge in [-0.3, -0.25) is 0 Å². The molecule has 0 heterocycles. The first-order valence-electron chi connectivity index (χ1n) is 7.91. The second kappa shape index (κ2) is 5.53. The minimum atomic E-state index is -1.03. The highest BCUT2D eigenvalue weighted by molar-refractivity contribution is 5.77. The molecular formula is C22H18O. The Morgan fingerprint density at radius 1 is 0.609 bits per heavy atom. The van der Waals surface area contributed by atoms with Crippen LogP contribution in [0.5, 0.6) is 0 Å². The molecule has 0 aliphatic heterocycles. The van der Waals surface area contributed by atoms with Gasteiger partial charge in [-0.1, -0.05) is 91.0 Å². The zero-order valence-corrected chi connectivity index (χ0v) is 12.8. The van der Waals surface area contributed by atoms with Crippen LogP contribution in [0.15, 0.2) is 78.9 Å². The minimum absolute atomic E-state index is 0.559. The predicted molar refractivity (Wildman–Crippen MR) is 95.0 cm³/mol. The summed E-state index contributed by atoms with van der Waals surface area (Å²) in [5, 5.41) is 11.8. The largest absolute Gasteiger partial charge is 0.380 e. The predicted octanol–water partition coefficient (Wildman–Crippen LogP) is 4.65. The highest BCUT2D eigenvalue weighted by Crippen LogP contribution is 2.40. The van der Waals surface area contributed by atoms with E-state index in [0.717, 1.165) is 27.8 Å². The second-order valence-corrected chi connectivity index (χ2v) is 6.03. The fourth-order valence-electron chi connectivity index (χ4n) is 3.44. The molecule has 0 unspecified atom stereocenters. The molecule has 1 N–H and O–H groups in total. The van der Waals surface area contributed by atoms with Crippen LogP contribution < -0.4 is 0 Å². The minimum Gasteiger partial charge on any atom is -0.380 e. The molecule has 1 aliphatic carbocycles. The lowest BCUT2D eigenvalue weighted by Gasteiger charge is -2.31. The van der Waals surface area contributed by atoms with Gasteiger partial charge in [0, 0.05) is 6.42 Å². The highest BCUT2D eigenvalue weighted by atomic mass is 16.3. The van der Waals surface area contributed by atoms with E-state index in [9.17, 15) is 5.11 Å². The third-order valence-corrected chi connectivity index (χ3v) is 4.56. The molecule has 0 saturated heterocycles. The van der Waals surface area contributed by atoms with Crippen LogP contribution in [-0.2, 0) is 12.0 Å². The van der Waals surface area contributed by atoms with Crippen molar-refractivity contribution in [3.05, 3.63) is 107 Å². The number of aliphatic hydroxyl groups is 1. The average molecular weight is 298 g/mol. The Morgan fingerprint density at radius 2 is 1.09 bits per heavy atom. The SMILES string of the molecule is OC1(Cc2ccccc2)c2ccccc2C=Cc2ccccc21. The summed E-state index contributed by atoms with van der Waals surface area (Å²) in [6.45, 7) is 0. The monoisotopic (exact) mass is 298 g/mol. The summed E-state index contributed by atoms with van der Waals surface area (Å²) in [5.74, 6) is 0. The maximum Gasteiger partial charge on any atom is 0.120 e. The fourth-order valence-corrected chi connectivity index (χ4v) is 3.44. The van der Waals surface area contributed by atoms with Crippen LogP contribution in [0.25, 0.3) is 12.2 Å². The van der Waals surface area contributed by atoms with Gasteiger partial charge in [0.1, 0.15) is 5.60 Å². The number of rotatable bonds is 2. The standard InChI is InChI=1S/C22H18O/c23-22(16-17-8-2-1-3-9-17)20-12-6-4-10-18(20)14-15-19-11-5-7-13-21(19)22/h1-15,23H,16H2. The molecule has 0 radical (unpaired) electrons. The summed E-state index contributed by atoms with van der Waals surface area (Å²) < 4.78 is 0. The van der Waals surface area contributed by atoms with Crippen LogP contribution in [0, 0.1) is 0 Å². The molecule has 0 fully saturated rings. The van der Waals surface area contributed by atoms with Crippen molar-refractivity contribution in [2.45, 2.75) is 12.0 Å². The van der Waals surface area contributed by atoms with Gasteiger partial charge < -0.3 is 5.11 Å². The van der Waals surface area contributed by atoms with E-state index in [0.29, 0.717) is 6.42 Å². The zero-order valence-electron chi connectivity index (χ0n) is 12.8. The van der Waals surface area contributed by atoms with E-state index in [1.54, 1.807) is 0 Å². The van der Waals surface area contributed by atoms with Crippen LogP contribution >= 0.6 is 0 Å². The molecular weight excluding hydrogens is 280 g/mol. The van der Waals surface area contributed by atoms with Gasteiger partial charge in [0.2, 0.25) is 0 Å². The van der Waals surface area contributed by atoms with Crippen molar-refractivity contribution >= 4 is 12.2 Å². The smallest absolute Gasteiger partial charge is 0.120 e. The first-order chi connectivity index (χ1) is 11.3. The highest BCUT2D eigenvalue weighted by Gasteiger charge is 2.35. The van der Waals surface area contributed by atoms with Crippen LogP contribution in [0.2, 0.25) is 0 Å². The summed E-state index contributed by atoms with van der Waals surface area (Å²) >= 11 is 0. The molecule has 0 saturated carbocycles. The summed E-state index contributed by atoms with van der Waals surface area (Å²) in [6, 6.07) is 26.4. The average Bonchev–Trinajstić information content (AvgIpc) is 2.72. The van der Waals surface area contributed by atoms with Crippen LogP contribution in [0.1, 0.15) is 27.8 Å². The van der Waals surface area contributed by atoms with E-state index in [2.05, 4.69) is 36.4 Å². The second-order valence-electron chi connectivity index (χ2n) is 6.03. The van der Waals surface area contributed by atoms with Crippen LogP contribution in [0.3, 0.4) is 0 Å². The Labute approximate surface area is 136 Å². The summed E-state index contributed by atoms with van der Waals surface area (Å²) in [4.78, 5) is 0. The van der Waals surface area contributed by atoms with Crippen molar-refractivity contribution in [2.24, 2.45) is 0 Å². The first-order valence-corrected chi connectivity index (χ1v) is 7.91. The van der Waals surface area contributed by atoms with Crippen LogP contribution in [-0.4, -0.2) is 5.11 Å². The van der Waals surface area contributed by atoms with E-state index in [1.807, 2.05) is 54.6 Å². The third kappa shape index (κ3) is 2.39. The van der Waals surface area contributed by atoms with E-state index in [4.69, 9.17) is 0 Å². The quantitative estimate of drug-likeness (QED) is 0.730. The molecule has 1 aliphatic rings. The summed E-state index contributed by atoms with van der Waals surface area (Å²) in [6.07, 6.45) is 4.75. The van der Waals surface area contributed by atoms with Crippen molar-refractivity contribution in [3.8, 4) is 0 Å². The Kier molecular flexibility index (Phi) is 3.36. The lowest BCUT2D eigenvalue weighted by molar-refractivity contribution is 0.0809. The molecule has 3 aromatic rings. The lowest BCUT2D eigenvalue weighted by atomic mass is 9.79. The number of fused-ring (bicyclic) bond motifs is 2. The zero-order chi connectivity index (χ0) is 15.7. The molecule has 23 heavy (non-hydrogen) atoms. The maximum atomic E-state index is 11.8. The van der Waals surface area contributed by atoms with Gasteiger partial charge in [-0.15, -0.1) is 0 Å². The molecule has 0 bridgehead atoms. The Bertz CT molecular complexity index is 812. The van der Waals surface area contributed by atoms with Crippen LogP contribution in [0.4, 0.5) is 0 Å². The molecule has 1 nitrogen and oxygen atoms in total. The third-order valence-electron chi connectivity index (χ3n) is 4.56. The first kappa shape index (κ1) is 14.0. The summed E-state index contributed by atoms with van der Waals surface area (Å²) in [5.41, 5.74) is 4.17. The Hall–Kier alpha value is -2.64. The normalized spacial score (nSPS) is 14.7. The molecule has 0 atom stereocenters. The molecule has 3 aromatic carbocycles. The Morgan fingerprint density at radius 3 is 1.65 bits per heavy atom. The van der Waals surface area contributed by atoms with Gasteiger partial charge in [-0.05, 0) is 27.8 Å². The van der Waals surface area contributed by atoms with Crippen molar-refractivity contribution < 1.29 is 5.11 Å². The Balaban J connectivity index is 1.95. The topological polar surface area (TPSA) is 20.2 Å². The van der Waals surface area contributed by atoms with Crippen molar-refractivity contribution in [2.75, 3.05) is 0 Å². The molecule has 112 valence electrons. The van der Waals surface area contributed by atoms with Crippen molar-refractivity contribution in [1.29, 1.82) is 0 Å². The van der Waals surface area contributed by atoms with E-state index in [-0.39, 0.29) is 0 Å².